The van der Waals surface area contributed by atoms with Crippen LogP contribution in [-0.4, -0.2) is 79.0 Å². The molecule has 5 aromatic rings. The van der Waals surface area contributed by atoms with Crippen LogP contribution in [0.5, 0.6) is 0 Å². The summed E-state index contributed by atoms with van der Waals surface area (Å²) in [6.45, 7) is 3.58. The standard InChI is InChI=1S/C34H34ClN5O4.C9H10N2O3/c1-22-14-16-39(29(33(36)43)18-25-10-4-9-24-8-2-3-13-28(24)25)34(44)32(26-11-5-12-27(35)17-26)40(22)31(42)19-30(41)38-21-23-7-6-15-37-20-23;1-6(9(13)14)8(12)11-7-3-2-4-10-5-7/h2-13,15,17,20,22,29,32H,14,16,18-19,21H2,1H3,(H2,36,43)(H,38,41);2-6H,1H3,(H,11,12)(H,13,14). The van der Waals surface area contributed by atoms with E-state index < -0.39 is 66.0 Å². The van der Waals surface area contributed by atoms with Gasteiger partial charge in [-0.05, 0) is 78.1 Å². The van der Waals surface area contributed by atoms with Crippen molar-refractivity contribution in [3.63, 3.8) is 0 Å². The molecule has 0 spiro atoms. The highest BCUT2D eigenvalue weighted by Crippen LogP contribution is 2.33. The van der Waals surface area contributed by atoms with Crippen molar-refractivity contribution in [1.29, 1.82) is 0 Å². The number of halogens is 1. The topological polar surface area (TPSA) is 205 Å². The Morgan fingerprint density at radius 3 is 2.31 bits per heavy atom. The number of carbonyl (C=O) groups excluding carboxylic acids is 5. The second-order valence-electron chi connectivity index (χ2n) is 13.8. The fourth-order valence-corrected chi connectivity index (χ4v) is 6.82. The molecule has 3 aromatic carbocycles. The number of primary amides is 1. The monoisotopic (exact) mass is 805 g/mol. The lowest BCUT2D eigenvalue weighted by Crippen LogP contribution is -2.52. The van der Waals surface area contributed by atoms with Gasteiger partial charge in [0.2, 0.25) is 23.6 Å². The summed E-state index contributed by atoms with van der Waals surface area (Å²) in [6.07, 6.45) is 6.42. The van der Waals surface area contributed by atoms with Crippen LogP contribution in [-0.2, 0) is 41.7 Å². The molecule has 5 N–H and O–H groups in total. The van der Waals surface area contributed by atoms with Gasteiger partial charge in [0.05, 0.1) is 11.9 Å². The van der Waals surface area contributed by atoms with Crippen LogP contribution in [0, 0.1) is 5.92 Å². The first-order chi connectivity index (χ1) is 27.8. The highest BCUT2D eigenvalue weighted by atomic mass is 35.5. The number of carboxylic acid groups (broad SMARTS) is 1. The summed E-state index contributed by atoms with van der Waals surface area (Å²) in [7, 11) is 0. The fraction of sp³-hybridized carbons (Fsp3) is 0.256. The number of benzene rings is 3. The number of fused-ring (bicyclic) bond motifs is 1. The van der Waals surface area contributed by atoms with Crippen LogP contribution in [0.3, 0.4) is 0 Å². The number of aromatic nitrogens is 2. The third kappa shape index (κ3) is 11.0. The molecule has 14 nitrogen and oxygen atoms in total. The number of pyridine rings is 2. The third-order valence-corrected chi connectivity index (χ3v) is 9.96. The van der Waals surface area contributed by atoms with Crippen LogP contribution >= 0.6 is 11.6 Å². The first kappa shape index (κ1) is 42.5. The highest BCUT2D eigenvalue weighted by Gasteiger charge is 2.43. The average molecular weight is 806 g/mol. The van der Waals surface area contributed by atoms with E-state index in [-0.39, 0.29) is 19.5 Å². The Morgan fingerprint density at radius 2 is 1.64 bits per heavy atom. The van der Waals surface area contributed by atoms with Gasteiger partial charge in [0, 0.05) is 49.2 Å². The van der Waals surface area contributed by atoms with Gasteiger partial charge < -0.3 is 31.3 Å². The molecule has 4 unspecified atom stereocenters. The summed E-state index contributed by atoms with van der Waals surface area (Å²) in [5, 5.41) is 16.1. The third-order valence-electron chi connectivity index (χ3n) is 9.73. The Hall–Kier alpha value is -6.67. The molecule has 300 valence electrons. The lowest BCUT2D eigenvalue weighted by Gasteiger charge is -2.35. The zero-order valence-electron chi connectivity index (χ0n) is 32.0. The number of hydrogen-bond acceptors (Lipinski definition) is 8. The van der Waals surface area contributed by atoms with Crippen molar-refractivity contribution in [2.45, 2.75) is 57.8 Å². The van der Waals surface area contributed by atoms with Crippen molar-refractivity contribution < 1.29 is 33.9 Å². The fourth-order valence-electron chi connectivity index (χ4n) is 6.62. The van der Waals surface area contributed by atoms with E-state index >= 15 is 0 Å². The Labute approximate surface area is 340 Å². The highest BCUT2D eigenvalue weighted by molar-refractivity contribution is 6.30. The van der Waals surface area contributed by atoms with Crippen molar-refractivity contribution in [3.05, 3.63) is 137 Å². The minimum Gasteiger partial charge on any atom is -0.481 e. The molecule has 4 atom stereocenters. The summed E-state index contributed by atoms with van der Waals surface area (Å²) >= 11 is 6.34. The van der Waals surface area contributed by atoms with Crippen molar-refractivity contribution in [2.75, 3.05) is 11.9 Å². The Kier molecular flexibility index (Phi) is 14.6. The van der Waals surface area contributed by atoms with Gasteiger partial charge in [0.25, 0.3) is 5.91 Å². The first-order valence-electron chi connectivity index (χ1n) is 18.6. The summed E-state index contributed by atoms with van der Waals surface area (Å²) in [6, 6.07) is 24.8. The molecule has 5 amide bonds. The summed E-state index contributed by atoms with van der Waals surface area (Å²) in [5.74, 6) is -4.84. The van der Waals surface area contributed by atoms with Crippen molar-refractivity contribution >= 4 is 63.6 Å². The van der Waals surface area contributed by atoms with Gasteiger partial charge in [-0.2, -0.15) is 0 Å². The number of aliphatic carboxylic acids is 1. The number of rotatable bonds is 12. The predicted octanol–water partition coefficient (Wildman–Crippen LogP) is 4.92. The lowest BCUT2D eigenvalue weighted by molar-refractivity contribution is -0.149. The van der Waals surface area contributed by atoms with E-state index in [1.807, 2.05) is 55.5 Å². The van der Waals surface area contributed by atoms with Crippen LogP contribution in [0.2, 0.25) is 5.02 Å². The Balaban J connectivity index is 0.000000387. The lowest BCUT2D eigenvalue weighted by atomic mass is 9.96. The molecule has 0 bridgehead atoms. The van der Waals surface area contributed by atoms with E-state index in [2.05, 4.69) is 20.6 Å². The summed E-state index contributed by atoms with van der Waals surface area (Å²) < 4.78 is 0. The number of hydrogen-bond donors (Lipinski definition) is 4. The van der Waals surface area contributed by atoms with Gasteiger partial charge in [0.15, 0.2) is 0 Å². The van der Waals surface area contributed by atoms with Crippen molar-refractivity contribution in [2.24, 2.45) is 11.7 Å². The van der Waals surface area contributed by atoms with Gasteiger partial charge in [0.1, 0.15) is 24.4 Å². The number of anilines is 1. The maximum absolute atomic E-state index is 14.5. The minimum absolute atomic E-state index is 0.201. The molecule has 2 aromatic heterocycles. The number of carbonyl (C=O) groups is 6. The number of nitrogens with zero attached hydrogens (tertiary/aromatic N) is 4. The maximum atomic E-state index is 14.5. The van der Waals surface area contributed by atoms with Crippen LogP contribution in [0.15, 0.2) is 116 Å². The predicted molar refractivity (Wildman–Crippen MR) is 218 cm³/mol. The molecular formula is C43H44ClN7O7. The molecule has 1 saturated heterocycles. The van der Waals surface area contributed by atoms with E-state index in [4.69, 9.17) is 22.4 Å². The van der Waals surface area contributed by atoms with E-state index in [1.165, 1.54) is 22.9 Å². The van der Waals surface area contributed by atoms with Crippen LogP contribution in [0.1, 0.15) is 49.4 Å². The SMILES string of the molecule is CC(C(=O)O)C(=O)Nc1cccnc1.CC1CCN(C(Cc2cccc3ccccc23)C(N)=O)C(=O)C(c2cccc(Cl)c2)N1C(=O)CC(=O)NCc1cccnc1. The Morgan fingerprint density at radius 1 is 0.931 bits per heavy atom. The normalized spacial score (nSPS) is 16.2. The molecular weight excluding hydrogens is 762 g/mol. The van der Waals surface area contributed by atoms with E-state index in [0.29, 0.717) is 22.7 Å². The quantitative estimate of drug-likeness (QED) is 0.126. The van der Waals surface area contributed by atoms with Gasteiger partial charge in [-0.1, -0.05) is 72.3 Å². The number of nitrogens with two attached hydrogens (primary N) is 1. The number of amides is 5. The van der Waals surface area contributed by atoms with Gasteiger partial charge in [-0.15, -0.1) is 0 Å². The average Bonchev–Trinajstić information content (AvgIpc) is 3.34. The molecule has 0 radical (unpaired) electrons. The molecule has 0 saturated carbocycles. The number of nitrogens with one attached hydrogen (secondary N) is 2. The second-order valence-corrected chi connectivity index (χ2v) is 14.2. The summed E-state index contributed by atoms with van der Waals surface area (Å²) in [5.41, 5.74) is 8.62. The molecule has 1 aliphatic heterocycles. The van der Waals surface area contributed by atoms with Crippen LogP contribution in [0.25, 0.3) is 10.8 Å². The van der Waals surface area contributed by atoms with E-state index in [1.54, 1.807) is 61.1 Å². The molecule has 1 aliphatic rings. The minimum atomic E-state index is -1.15. The van der Waals surface area contributed by atoms with Crippen molar-refractivity contribution in [3.8, 4) is 0 Å². The molecule has 1 fully saturated rings. The largest absolute Gasteiger partial charge is 0.481 e. The zero-order chi connectivity index (χ0) is 41.8. The van der Waals surface area contributed by atoms with Gasteiger partial charge >= 0.3 is 5.97 Å². The maximum Gasteiger partial charge on any atom is 0.315 e. The number of carboxylic acids is 1. The molecule has 3 heterocycles. The molecule has 58 heavy (non-hydrogen) atoms. The first-order valence-corrected chi connectivity index (χ1v) is 18.9. The second kappa shape index (κ2) is 20.0. The summed E-state index contributed by atoms with van der Waals surface area (Å²) in [4.78, 5) is 86.6. The molecule has 6 rings (SSSR count). The van der Waals surface area contributed by atoms with E-state index in [9.17, 15) is 28.8 Å². The van der Waals surface area contributed by atoms with E-state index in [0.717, 1.165) is 21.9 Å². The smallest absolute Gasteiger partial charge is 0.315 e. The van der Waals surface area contributed by atoms with Crippen LogP contribution in [0.4, 0.5) is 5.69 Å². The zero-order valence-corrected chi connectivity index (χ0v) is 32.7. The Bertz CT molecular complexity index is 2260. The molecule has 0 aliphatic carbocycles. The van der Waals surface area contributed by atoms with Gasteiger partial charge in [-0.25, -0.2) is 0 Å². The molecule has 15 heteroatoms. The van der Waals surface area contributed by atoms with Crippen LogP contribution < -0.4 is 16.4 Å². The van der Waals surface area contributed by atoms with Gasteiger partial charge in [-0.3, -0.25) is 38.7 Å². The van der Waals surface area contributed by atoms with Crippen molar-refractivity contribution in [1.82, 2.24) is 25.1 Å².